The van der Waals surface area contributed by atoms with Crippen LogP contribution in [0.1, 0.15) is 40.0 Å². The van der Waals surface area contributed by atoms with Crippen molar-refractivity contribution in [2.75, 3.05) is 32.7 Å². The second-order valence-corrected chi connectivity index (χ2v) is 6.11. The van der Waals surface area contributed by atoms with Crippen LogP contribution in [0.2, 0.25) is 0 Å². The Hall–Kier alpha value is -1.02. The van der Waals surface area contributed by atoms with Gasteiger partial charge in [0, 0.05) is 25.7 Å². The molecule has 1 rings (SSSR count). The molecular formula is C15H29F3N4O. The number of hydrogen-bond donors (Lipinski definition) is 3. The molecule has 5 nitrogen and oxygen atoms in total. The minimum Gasteiger partial charge on any atom is -0.388 e. The SMILES string of the molecule is CCNC(=NCC(O)(CC)CC)NC1CCN(CC(F)(F)F)C1. The van der Waals surface area contributed by atoms with Crippen LogP contribution >= 0.6 is 0 Å². The number of nitrogens with one attached hydrogen (secondary N) is 2. The van der Waals surface area contributed by atoms with Gasteiger partial charge in [-0.15, -0.1) is 0 Å². The summed E-state index contributed by atoms with van der Waals surface area (Å²) in [4.78, 5) is 5.79. The first-order valence-electron chi connectivity index (χ1n) is 8.27. The van der Waals surface area contributed by atoms with E-state index in [0.717, 1.165) is 0 Å². The molecule has 8 heteroatoms. The summed E-state index contributed by atoms with van der Waals surface area (Å²) in [6.07, 6.45) is -2.30. The normalized spacial score (nSPS) is 20.8. The number of aliphatic hydroxyl groups is 1. The maximum Gasteiger partial charge on any atom is 0.401 e. The maximum absolute atomic E-state index is 12.4. The van der Waals surface area contributed by atoms with E-state index < -0.39 is 18.3 Å². The van der Waals surface area contributed by atoms with E-state index in [9.17, 15) is 18.3 Å². The van der Waals surface area contributed by atoms with Gasteiger partial charge in [-0.3, -0.25) is 9.89 Å². The third kappa shape index (κ3) is 7.39. The second kappa shape index (κ2) is 8.73. The topological polar surface area (TPSA) is 59.9 Å². The molecule has 1 atom stereocenters. The highest BCUT2D eigenvalue weighted by atomic mass is 19.4. The number of likely N-dealkylation sites (tertiary alicyclic amines) is 1. The zero-order valence-electron chi connectivity index (χ0n) is 14.2. The molecular weight excluding hydrogens is 309 g/mol. The first kappa shape index (κ1) is 20.0. The molecule has 1 heterocycles. The minimum atomic E-state index is -4.16. The molecule has 3 N–H and O–H groups in total. The summed E-state index contributed by atoms with van der Waals surface area (Å²) >= 11 is 0. The Bertz CT molecular complexity index is 383. The van der Waals surface area contributed by atoms with E-state index in [0.29, 0.717) is 44.9 Å². The molecule has 0 aliphatic carbocycles. The van der Waals surface area contributed by atoms with E-state index in [2.05, 4.69) is 15.6 Å². The lowest BCUT2D eigenvalue weighted by Crippen LogP contribution is -2.46. The quantitative estimate of drug-likeness (QED) is 0.489. The fourth-order valence-electron chi connectivity index (χ4n) is 2.56. The third-order valence-electron chi connectivity index (χ3n) is 4.21. The fraction of sp³-hybridized carbons (Fsp3) is 0.933. The molecule has 0 bridgehead atoms. The van der Waals surface area contributed by atoms with Crippen molar-refractivity contribution in [3.05, 3.63) is 0 Å². The number of guanidine groups is 1. The first-order chi connectivity index (χ1) is 10.7. The van der Waals surface area contributed by atoms with Crippen molar-refractivity contribution in [1.82, 2.24) is 15.5 Å². The van der Waals surface area contributed by atoms with Gasteiger partial charge in [-0.1, -0.05) is 13.8 Å². The predicted molar refractivity (Wildman–Crippen MR) is 85.5 cm³/mol. The van der Waals surface area contributed by atoms with Crippen LogP contribution in [-0.4, -0.2) is 66.5 Å². The molecule has 0 aromatic rings. The van der Waals surface area contributed by atoms with E-state index in [4.69, 9.17) is 0 Å². The van der Waals surface area contributed by atoms with Crippen LogP contribution in [0.4, 0.5) is 13.2 Å². The summed E-state index contributed by atoms with van der Waals surface area (Å²) in [5, 5.41) is 16.5. The average Bonchev–Trinajstić information content (AvgIpc) is 2.89. The van der Waals surface area contributed by atoms with Gasteiger partial charge >= 0.3 is 6.18 Å². The molecule has 1 saturated heterocycles. The molecule has 0 aromatic carbocycles. The average molecular weight is 338 g/mol. The van der Waals surface area contributed by atoms with Gasteiger partial charge in [0.25, 0.3) is 0 Å². The zero-order valence-corrected chi connectivity index (χ0v) is 14.2. The second-order valence-electron chi connectivity index (χ2n) is 6.11. The molecule has 136 valence electrons. The van der Waals surface area contributed by atoms with Crippen LogP contribution in [0.5, 0.6) is 0 Å². The van der Waals surface area contributed by atoms with Crippen molar-refractivity contribution in [2.45, 2.75) is 57.9 Å². The summed E-state index contributed by atoms with van der Waals surface area (Å²) in [6, 6.07) is -0.0634. The number of aliphatic imine (C=N–C) groups is 1. The Morgan fingerprint density at radius 1 is 1.26 bits per heavy atom. The molecule has 0 saturated carbocycles. The Labute approximate surface area is 136 Å². The smallest absolute Gasteiger partial charge is 0.388 e. The molecule has 0 radical (unpaired) electrons. The number of hydrogen-bond acceptors (Lipinski definition) is 3. The molecule has 23 heavy (non-hydrogen) atoms. The zero-order chi connectivity index (χ0) is 17.5. The molecule has 1 aliphatic rings. The number of rotatable bonds is 7. The van der Waals surface area contributed by atoms with E-state index in [1.54, 1.807) is 0 Å². The molecule has 1 aliphatic heterocycles. The van der Waals surface area contributed by atoms with Gasteiger partial charge in [-0.2, -0.15) is 13.2 Å². The molecule has 0 spiro atoms. The van der Waals surface area contributed by atoms with Crippen LogP contribution in [0.25, 0.3) is 0 Å². The highest BCUT2D eigenvalue weighted by Crippen LogP contribution is 2.20. The monoisotopic (exact) mass is 338 g/mol. The highest BCUT2D eigenvalue weighted by Gasteiger charge is 2.34. The Morgan fingerprint density at radius 2 is 1.91 bits per heavy atom. The van der Waals surface area contributed by atoms with Gasteiger partial charge in [-0.25, -0.2) is 0 Å². The van der Waals surface area contributed by atoms with Crippen molar-refractivity contribution < 1.29 is 18.3 Å². The molecule has 1 unspecified atom stereocenters. The Morgan fingerprint density at radius 3 is 2.43 bits per heavy atom. The van der Waals surface area contributed by atoms with Crippen LogP contribution in [0, 0.1) is 0 Å². The van der Waals surface area contributed by atoms with Gasteiger partial charge in [0.05, 0.1) is 18.7 Å². The number of halogens is 3. The van der Waals surface area contributed by atoms with E-state index in [1.165, 1.54) is 4.90 Å². The Kier molecular flexibility index (Phi) is 7.60. The van der Waals surface area contributed by atoms with Crippen LogP contribution in [-0.2, 0) is 0 Å². The summed E-state index contributed by atoms with van der Waals surface area (Å²) < 4.78 is 37.3. The van der Waals surface area contributed by atoms with Crippen LogP contribution in [0.15, 0.2) is 4.99 Å². The highest BCUT2D eigenvalue weighted by molar-refractivity contribution is 5.80. The van der Waals surface area contributed by atoms with Gasteiger partial charge < -0.3 is 15.7 Å². The van der Waals surface area contributed by atoms with Gasteiger partial charge in [0.2, 0.25) is 0 Å². The molecule has 0 amide bonds. The first-order valence-corrected chi connectivity index (χ1v) is 8.27. The van der Waals surface area contributed by atoms with E-state index in [1.807, 2.05) is 20.8 Å². The largest absolute Gasteiger partial charge is 0.401 e. The van der Waals surface area contributed by atoms with Crippen LogP contribution in [0.3, 0.4) is 0 Å². The van der Waals surface area contributed by atoms with E-state index >= 15 is 0 Å². The maximum atomic E-state index is 12.4. The van der Waals surface area contributed by atoms with Crippen molar-refractivity contribution in [2.24, 2.45) is 4.99 Å². The van der Waals surface area contributed by atoms with Crippen molar-refractivity contribution in [3.63, 3.8) is 0 Å². The van der Waals surface area contributed by atoms with Crippen molar-refractivity contribution in [1.29, 1.82) is 0 Å². The predicted octanol–water partition coefficient (Wildman–Crippen LogP) is 1.73. The fourth-order valence-corrected chi connectivity index (χ4v) is 2.56. The lowest BCUT2D eigenvalue weighted by Gasteiger charge is -2.24. The number of nitrogens with zero attached hydrogens (tertiary/aromatic N) is 2. The minimum absolute atomic E-state index is 0.0634. The van der Waals surface area contributed by atoms with Crippen molar-refractivity contribution >= 4 is 5.96 Å². The molecule has 1 fully saturated rings. The van der Waals surface area contributed by atoms with Gasteiger partial charge in [0.15, 0.2) is 5.96 Å². The third-order valence-corrected chi connectivity index (χ3v) is 4.21. The Balaban J connectivity index is 2.56. The lowest BCUT2D eigenvalue weighted by atomic mass is 9.98. The lowest BCUT2D eigenvalue weighted by molar-refractivity contribution is -0.143. The summed E-state index contributed by atoms with van der Waals surface area (Å²) in [5.41, 5.74) is -0.833. The molecule has 0 aromatic heterocycles. The number of alkyl halides is 3. The van der Waals surface area contributed by atoms with Gasteiger partial charge in [-0.05, 0) is 26.2 Å². The van der Waals surface area contributed by atoms with Gasteiger partial charge in [0.1, 0.15) is 0 Å². The summed E-state index contributed by atoms with van der Waals surface area (Å²) in [5.74, 6) is 0.548. The summed E-state index contributed by atoms with van der Waals surface area (Å²) in [7, 11) is 0. The summed E-state index contributed by atoms with van der Waals surface area (Å²) in [6.45, 7) is 6.56. The van der Waals surface area contributed by atoms with Crippen molar-refractivity contribution in [3.8, 4) is 0 Å². The standard InChI is InChI=1S/C15H29F3N4O/c1-4-14(23,5-2)10-20-13(19-6-3)21-12-7-8-22(9-12)11-15(16,17)18/h12,23H,4-11H2,1-3H3,(H2,19,20,21). The van der Waals surface area contributed by atoms with E-state index in [-0.39, 0.29) is 12.6 Å². The van der Waals surface area contributed by atoms with Crippen LogP contribution < -0.4 is 10.6 Å².